The molecule has 2 aromatic heterocycles. The van der Waals surface area contributed by atoms with Crippen molar-refractivity contribution >= 4 is 17.3 Å². The topological polar surface area (TPSA) is 80.3 Å². The highest BCUT2D eigenvalue weighted by atomic mass is 19.4. The Morgan fingerprint density at radius 1 is 1.17 bits per heavy atom. The number of halogens is 3. The fraction of sp³-hybridized carbons (Fsp3) is 0.300. The van der Waals surface area contributed by atoms with Crippen LogP contribution in [0, 0.1) is 0 Å². The van der Waals surface area contributed by atoms with Crippen LogP contribution in [0.25, 0.3) is 0 Å². The van der Waals surface area contributed by atoms with Gasteiger partial charge in [-0.15, -0.1) is 0 Å². The van der Waals surface area contributed by atoms with Gasteiger partial charge in [-0.2, -0.15) is 13.2 Å². The Kier molecular flexibility index (Phi) is 5.04. The number of nitrogens with zero attached hydrogens (tertiary/aromatic N) is 1. The second kappa shape index (κ2) is 7.65. The Hall–Kier alpha value is -3.23. The molecule has 3 aromatic rings. The van der Waals surface area contributed by atoms with Gasteiger partial charge in [-0.25, -0.2) is 0 Å². The third-order valence-electron chi connectivity index (χ3n) is 4.81. The summed E-state index contributed by atoms with van der Waals surface area (Å²) >= 11 is 0. The predicted molar refractivity (Wildman–Crippen MR) is 98.6 cm³/mol. The molecule has 2 N–H and O–H groups in total. The third-order valence-corrected chi connectivity index (χ3v) is 4.81. The van der Waals surface area contributed by atoms with Gasteiger partial charge in [0, 0.05) is 23.4 Å². The van der Waals surface area contributed by atoms with Crippen molar-refractivity contribution in [1.29, 1.82) is 0 Å². The lowest BCUT2D eigenvalue weighted by molar-refractivity contribution is -0.136. The minimum absolute atomic E-state index is 0.0107. The summed E-state index contributed by atoms with van der Waals surface area (Å²) in [6.45, 7) is 0.125. The zero-order valence-corrected chi connectivity index (χ0v) is 15.3. The molecule has 0 fully saturated rings. The largest absolute Gasteiger partial charge is 0.459 e. The Balaban J connectivity index is 1.53. The lowest BCUT2D eigenvalue weighted by Gasteiger charge is -2.16. The molecule has 1 aromatic carbocycles. The van der Waals surface area contributed by atoms with Crippen LogP contribution in [0.5, 0.6) is 0 Å². The molecule has 29 heavy (non-hydrogen) atoms. The number of hydrogen-bond acceptors (Lipinski definition) is 5. The van der Waals surface area contributed by atoms with E-state index in [1.165, 1.54) is 30.5 Å². The molecular formula is C20H18F3N3O3. The van der Waals surface area contributed by atoms with Crippen molar-refractivity contribution in [2.45, 2.75) is 38.4 Å². The predicted octanol–water partition coefficient (Wildman–Crippen LogP) is 5.03. The van der Waals surface area contributed by atoms with Gasteiger partial charge in [-0.05, 0) is 49.6 Å². The van der Waals surface area contributed by atoms with Gasteiger partial charge >= 0.3 is 6.18 Å². The molecule has 9 heteroatoms. The number of anilines is 2. The molecule has 0 aliphatic heterocycles. The first-order chi connectivity index (χ1) is 13.9. The van der Waals surface area contributed by atoms with Crippen molar-refractivity contribution in [2.24, 2.45) is 0 Å². The van der Waals surface area contributed by atoms with Crippen molar-refractivity contribution in [1.82, 2.24) is 5.16 Å². The van der Waals surface area contributed by atoms with E-state index < -0.39 is 17.6 Å². The van der Waals surface area contributed by atoms with Crippen molar-refractivity contribution < 1.29 is 26.9 Å². The monoisotopic (exact) mass is 405 g/mol. The van der Waals surface area contributed by atoms with Gasteiger partial charge in [-0.1, -0.05) is 5.16 Å². The van der Waals surface area contributed by atoms with Gasteiger partial charge in [0.1, 0.15) is 11.5 Å². The maximum absolute atomic E-state index is 13.6. The van der Waals surface area contributed by atoms with Crippen LogP contribution in [0.1, 0.15) is 46.0 Å². The smallest absolute Gasteiger partial charge is 0.418 e. The van der Waals surface area contributed by atoms with Crippen molar-refractivity contribution in [3.8, 4) is 0 Å². The average molecular weight is 405 g/mol. The van der Waals surface area contributed by atoms with E-state index >= 15 is 0 Å². The molecule has 2 heterocycles. The van der Waals surface area contributed by atoms with E-state index in [2.05, 4.69) is 15.8 Å². The Morgan fingerprint density at radius 2 is 2.00 bits per heavy atom. The Bertz CT molecular complexity index is 1010. The number of benzene rings is 1. The fourth-order valence-corrected chi connectivity index (χ4v) is 3.38. The number of aromatic nitrogens is 1. The van der Waals surface area contributed by atoms with E-state index in [0.29, 0.717) is 5.69 Å². The SMILES string of the molecule is O=C(Nc1ccc(NCc2noc3c2CCCC3)c(C(F)(F)F)c1)c1ccco1. The average Bonchev–Trinajstić information content (AvgIpc) is 3.36. The second-order valence-corrected chi connectivity index (χ2v) is 6.78. The number of carbonyl (C=O) groups excluding carboxylic acids is 1. The first kappa shape index (κ1) is 19.1. The van der Waals surface area contributed by atoms with Gasteiger partial charge in [0.2, 0.25) is 0 Å². The van der Waals surface area contributed by atoms with E-state index in [0.717, 1.165) is 43.1 Å². The molecule has 0 radical (unpaired) electrons. The molecule has 1 aliphatic carbocycles. The van der Waals surface area contributed by atoms with Crippen molar-refractivity contribution in [3.05, 3.63) is 64.9 Å². The number of alkyl halides is 3. The number of amides is 1. The van der Waals surface area contributed by atoms with Gasteiger partial charge in [-0.3, -0.25) is 4.79 Å². The lowest BCUT2D eigenvalue weighted by Crippen LogP contribution is -2.15. The summed E-state index contributed by atoms with van der Waals surface area (Å²) in [6, 6.07) is 6.52. The minimum atomic E-state index is -4.60. The molecule has 6 nitrogen and oxygen atoms in total. The van der Waals surface area contributed by atoms with Gasteiger partial charge in [0.05, 0.1) is 18.4 Å². The molecule has 1 amide bonds. The molecule has 152 valence electrons. The second-order valence-electron chi connectivity index (χ2n) is 6.78. The number of nitrogens with one attached hydrogen (secondary N) is 2. The highest BCUT2D eigenvalue weighted by molar-refractivity contribution is 6.02. The van der Waals surface area contributed by atoms with E-state index in [-0.39, 0.29) is 23.7 Å². The highest BCUT2D eigenvalue weighted by Gasteiger charge is 2.34. The summed E-state index contributed by atoms with van der Waals surface area (Å²) in [5, 5.41) is 9.22. The number of aryl methyl sites for hydroxylation is 1. The molecule has 0 bridgehead atoms. The number of fused-ring (bicyclic) bond motifs is 1. The first-order valence-electron chi connectivity index (χ1n) is 9.18. The van der Waals surface area contributed by atoms with E-state index in [1.807, 2.05) is 0 Å². The Morgan fingerprint density at radius 3 is 2.76 bits per heavy atom. The van der Waals surface area contributed by atoms with E-state index in [1.54, 1.807) is 0 Å². The lowest BCUT2D eigenvalue weighted by atomic mass is 9.96. The summed E-state index contributed by atoms with van der Waals surface area (Å²) < 4.78 is 51.0. The Labute approximate surface area is 164 Å². The van der Waals surface area contributed by atoms with Crippen LogP contribution in [0.4, 0.5) is 24.5 Å². The van der Waals surface area contributed by atoms with Gasteiger partial charge in [0.15, 0.2) is 5.76 Å². The molecule has 0 saturated heterocycles. The van der Waals surface area contributed by atoms with Gasteiger partial charge < -0.3 is 19.6 Å². The standard InChI is InChI=1S/C20H18F3N3O3/c21-20(22,23)14-10-12(25-19(27)18-6-3-9-28-18)7-8-15(14)24-11-16-13-4-1-2-5-17(13)29-26-16/h3,6-10,24H,1-2,4-5,11H2,(H,25,27). The first-order valence-corrected chi connectivity index (χ1v) is 9.18. The number of furan rings is 1. The molecule has 0 atom stereocenters. The molecule has 0 unspecified atom stereocenters. The fourth-order valence-electron chi connectivity index (χ4n) is 3.38. The van der Waals surface area contributed by atoms with Crippen LogP contribution in [0.2, 0.25) is 0 Å². The summed E-state index contributed by atoms with van der Waals surface area (Å²) in [5.74, 6) is 0.203. The maximum Gasteiger partial charge on any atom is 0.418 e. The molecular weight excluding hydrogens is 387 g/mol. The van der Waals surface area contributed by atoms with Crippen molar-refractivity contribution in [2.75, 3.05) is 10.6 Å². The molecule has 4 rings (SSSR count). The van der Waals surface area contributed by atoms with E-state index in [9.17, 15) is 18.0 Å². The van der Waals surface area contributed by atoms with Crippen molar-refractivity contribution in [3.63, 3.8) is 0 Å². The zero-order chi connectivity index (χ0) is 20.4. The van der Waals surface area contributed by atoms with Crippen LogP contribution in [0.15, 0.2) is 45.5 Å². The highest BCUT2D eigenvalue weighted by Crippen LogP contribution is 2.37. The summed E-state index contributed by atoms with van der Waals surface area (Å²) in [7, 11) is 0. The van der Waals surface area contributed by atoms with Crippen LogP contribution >= 0.6 is 0 Å². The normalized spacial score (nSPS) is 13.8. The minimum Gasteiger partial charge on any atom is -0.459 e. The van der Waals surface area contributed by atoms with Crippen LogP contribution in [-0.2, 0) is 25.6 Å². The molecule has 0 spiro atoms. The third kappa shape index (κ3) is 4.13. The molecule has 0 saturated carbocycles. The van der Waals surface area contributed by atoms with Crippen LogP contribution < -0.4 is 10.6 Å². The summed E-state index contributed by atoms with van der Waals surface area (Å²) in [4.78, 5) is 12.0. The van der Waals surface area contributed by atoms with Crippen LogP contribution in [-0.4, -0.2) is 11.1 Å². The number of carbonyl (C=O) groups is 1. The van der Waals surface area contributed by atoms with Crippen LogP contribution in [0.3, 0.4) is 0 Å². The summed E-state index contributed by atoms with van der Waals surface area (Å²) in [6.07, 6.45) is 0.375. The van der Waals surface area contributed by atoms with Gasteiger partial charge in [0.25, 0.3) is 5.91 Å². The van der Waals surface area contributed by atoms with E-state index in [4.69, 9.17) is 8.94 Å². The summed E-state index contributed by atoms with van der Waals surface area (Å²) in [5.41, 5.74) is 0.652. The maximum atomic E-state index is 13.6. The number of rotatable bonds is 5. The number of hydrogen-bond donors (Lipinski definition) is 2. The quantitative estimate of drug-likeness (QED) is 0.622. The zero-order valence-electron chi connectivity index (χ0n) is 15.3. The molecule has 1 aliphatic rings.